The van der Waals surface area contributed by atoms with E-state index in [9.17, 15) is 26.9 Å². The average Bonchev–Trinajstić information content (AvgIpc) is 3.00. The van der Waals surface area contributed by atoms with Gasteiger partial charge in [-0.1, -0.05) is 29.3 Å². The molecule has 0 aliphatic rings. The zero-order valence-electron chi connectivity index (χ0n) is 16.1. The lowest BCUT2D eigenvalue weighted by Crippen LogP contribution is -2.30. The fourth-order valence-corrected chi connectivity index (χ4v) is 4.37. The first kappa shape index (κ1) is 23.6. The fourth-order valence-electron chi connectivity index (χ4n) is 2.85. The molecule has 0 unspecified atom stereocenters. The lowest BCUT2D eigenvalue weighted by molar-refractivity contribution is -0.137. The Labute approximate surface area is 190 Å². The molecule has 0 radical (unpaired) electrons. The minimum Gasteiger partial charge on any atom is -0.382 e. The van der Waals surface area contributed by atoms with Crippen LogP contribution in [0, 0.1) is 11.3 Å². The molecule has 14 heteroatoms. The number of hydrogen-bond donors (Lipinski definition) is 1. The number of nitrogens with two attached hydrogens (primary N) is 1. The van der Waals surface area contributed by atoms with E-state index < -0.39 is 37.5 Å². The number of anilines is 2. The van der Waals surface area contributed by atoms with E-state index in [0.717, 1.165) is 15.2 Å². The second-order valence-electron chi connectivity index (χ2n) is 6.48. The van der Waals surface area contributed by atoms with Crippen LogP contribution in [0.3, 0.4) is 0 Å². The van der Waals surface area contributed by atoms with Gasteiger partial charge in [0.25, 0.3) is 0 Å². The molecule has 2 heterocycles. The van der Waals surface area contributed by atoms with Crippen LogP contribution in [0.15, 0.2) is 36.5 Å². The maximum Gasteiger partial charge on any atom is 0.416 e. The van der Waals surface area contributed by atoms with Gasteiger partial charge in [0.2, 0.25) is 10.0 Å². The highest BCUT2D eigenvalue weighted by molar-refractivity contribution is 7.92. The Morgan fingerprint density at radius 2 is 1.88 bits per heavy atom. The van der Waals surface area contributed by atoms with Crippen LogP contribution < -0.4 is 10.0 Å². The Morgan fingerprint density at radius 3 is 2.34 bits per heavy atom. The van der Waals surface area contributed by atoms with Crippen molar-refractivity contribution in [2.24, 2.45) is 0 Å². The topological polar surface area (TPSA) is 118 Å². The maximum absolute atomic E-state index is 13.0. The summed E-state index contributed by atoms with van der Waals surface area (Å²) < 4.78 is 65.8. The van der Waals surface area contributed by atoms with E-state index in [-0.39, 0.29) is 23.7 Å². The summed E-state index contributed by atoms with van der Waals surface area (Å²) in [5.41, 5.74) is 4.42. The van der Waals surface area contributed by atoms with Gasteiger partial charge < -0.3 is 5.73 Å². The molecular weight excluding hydrogens is 492 g/mol. The van der Waals surface area contributed by atoms with E-state index in [1.807, 2.05) is 0 Å². The molecule has 3 rings (SSSR count). The Hall–Kier alpha value is -3.01. The molecule has 0 aliphatic carbocycles. The van der Waals surface area contributed by atoms with Gasteiger partial charge in [0.05, 0.1) is 34.1 Å². The van der Waals surface area contributed by atoms with Gasteiger partial charge in [-0.3, -0.25) is 9.29 Å². The van der Waals surface area contributed by atoms with Crippen molar-refractivity contribution < 1.29 is 21.6 Å². The van der Waals surface area contributed by atoms with Crippen molar-refractivity contribution in [1.82, 2.24) is 14.8 Å². The third kappa shape index (κ3) is 4.59. The highest BCUT2D eigenvalue weighted by atomic mass is 35.5. The van der Waals surface area contributed by atoms with Gasteiger partial charge >= 0.3 is 6.18 Å². The quantitative estimate of drug-likeness (QED) is 0.560. The molecule has 3 aromatic rings. The number of hydrogen-bond acceptors (Lipinski definition) is 6. The molecule has 8 nitrogen and oxygen atoms in total. The zero-order valence-corrected chi connectivity index (χ0v) is 18.4. The van der Waals surface area contributed by atoms with E-state index in [1.165, 1.54) is 6.20 Å². The van der Waals surface area contributed by atoms with E-state index in [0.29, 0.717) is 17.8 Å². The first-order valence-electron chi connectivity index (χ1n) is 8.57. The SMILES string of the molecule is CS(=O)(=O)N(Cc1ccccn1)c1c(C#N)nn(-c2c(Cl)cc(C(F)(F)F)cc2Cl)c1N. The highest BCUT2D eigenvalue weighted by Gasteiger charge is 2.34. The molecule has 168 valence electrons. The average molecular weight is 505 g/mol. The number of benzene rings is 1. The molecule has 0 saturated heterocycles. The first-order valence-corrected chi connectivity index (χ1v) is 11.2. The Kier molecular flexibility index (Phi) is 6.28. The number of rotatable bonds is 5. The zero-order chi connectivity index (χ0) is 23.8. The Bertz CT molecular complexity index is 1300. The van der Waals surface area contributed by atoms with Crippen molar-refractivity contribution in [3.63, 3.8) is 0 Å². The number of sulfonamides is 1. The van der Waals surface area contributed by atoms with Crippen LogP contribution in [0.4, 0.5) is 24.7 Å². The number of alkyl halides is 3. The summed E-state index contributed by atoms with van der Waals surface area (Å²) in [6, 6.07) is 7.82. The largest absolute Gasteiger partial charge is 0.416 e. The van der Waals surface area contributed by atoms with Crippen LogP contribution in [0.2, 0.25) is 10.0 Å². The Balaban J connectivity index is 2.22. The van der Waals surface area contributed by atoms with Gasteiger partial charge in [-0.25, -0.2) is 13.1 Å². The molecule has 0 aliphatic heterocycles. The summed E-state index contributed by atoms with van der Waals surface area (Å²) >= 11 is 12.1. The van der Waals surface area contributed by atoms with Crippen LogP contribution in [-0.4, -0.2) is 29.4 Å². The third-order valence-corrected chi connectivity index (χ3v) is 5.93. The normalized spacial score (nSPS) is 11.9. The molecule has 0 spiro atoms. The summed E-state index contributed by atoms with van der Waals surface area (Å²) in [7, 11) is -3.99. The minimum atomic E-state index is -4.71. The van der Waals surface area contributed by atoms with E-state index in [2.05, 4.69) is 10.1 Å². The number of nitriles is 1. The third-order valence-electron chi connectivity index (χ3n) is 4.24. The van der Waals surface area contributed by atoms with Gasteiger partial charge in [-0.15, -0.1) is 0 Å². The molecule has 0 atom stereocenters. The number of nitrogen functional groups attached to an aromatic ring is 1. The molecule has 0 bridgehead atoms. The van der Waals surface area contributed by atoms with Crippen LogP contribution in [-0.2, 0) is 22.7 Å². The lowest BCUT2D eigenvalue weighted by Gasteiger charge is -2.21. The molecule has 0 fully saturated rings. The van der Waals surface area contributed by atoms with Gasteiger partial charge in [0, 0.05) is 6.20 Å². The molecule has 32 heavy (non-hydrogen) atoms. The van der Waals surface area contributed by atoms with Crippen molar-refractivity contribution >= 4 is 44.7 Å². The van der Waals surface area contributed by atoms with Crippen LogP contribution in [0.5, 0.6) is 0 Å². The van der Waals surface area contributed by atoms with Gasteiger partial charge in [-0.2, -0.15) is 23.5 Å². The maximum atomic E-state index is 13.0. The van der Waals surface area contributed by atoms with E-state index in [1.54, 1.807) is 24.3 Å². The smallest absolute Gasteiger partial charge is 0.382 e. The summed E-state index contributed by atoms with van der Waals surface area (Å²) in [5.74, 6) is -0.369. The summed E-state index contributed by atoms with van der Waals surface area (Å²) in [5, 5.41) is 12.6. The second-order valence-corrected chi connectivity index (χ2v) is 9.20. The summed E-state index contributed by atoms with van der Waals surface area (Å²) in [4.78, 5) is 4.06. The van der Waals surface area contributed by atoms with Crippen LogP contribution in [0.25, 0.3) is 5.69 Å². The number of pyridine rings is 1. The fraction of sp³-hybridized carbons (Fsp3) is 0.167. The van der Waals surface area contributed by atoms with Crippen LogP contribution >= 0.6 is 23.2 Å². The minimum absolute atomic E-state index is 0.243. The van der Waals surface area contributed by atoms with Crippen molar-refractivity contribution in [2.75, 3.05) is 16.3 Å². The second kappa shape index (κ2) is 8.50. The standard InChI is InChI=1S/C18H13Cl2F3N6O2S/c1-32(30,31)28(9-11-4-2-3-5-26-11)16-14(8-24)27-29(17(16)25)15-12(19)6-10(7-13(15)20)18(21,22)23/h2-7H,9,25H2,1H3. The number of halogens is 5. The monoisotopic (exact) mass is 504 g/mol. The molecular formula is C18H13Cl2F3N6O2S. The summed E-state index contributed by atoms with van der Waals surface area (Å²) in [6.07, 6.45) is -2.36. The van der Waals surface area contributed by atoms with Crippen molar-refractivity contribution in [3.8, 4) is 11.8 Å². The lowest BCUT2D eigenvalue weighted by atomic mass is 10.2. The molecule has 1 aromatic carbocycles. The predicted molar refractivity (Wildman–Crippen MR) is 113 cm³/mol. The molecule has 2 aromatic heterocycles. The number of nitrogens with zero attached hydrogens (tertiary/aromatic N) is 5. The number of aromatic nitrogens is 3. The summed E-state index contributed by atoms with van der Waals surface area (Å²) in [6.45, 7) is -0.279. The molecule has 0 saturated carbocycles. The highest BCUT2D eigenvalue weighted by Crippen LogP contribution is 2.40. The van der Waals surface area contributed by atoms with Gasteiger partial charge in [0.15, 0.2) is 11.5 Å². The predicted octanol–water partition coefficient (Wildman–Crippen LogP) is 4.01. The molecule has 0 amide bonds. The van der Waals surface area contributed by atoms with Crippen molar-refractivity contribution in [1.29, 1.82) is 5.26 Å². The Morgan fingerprint density at radius 1 is 1.25 bits per heavy atom. The van der Waals surface area contributed by atoms with Crippen LogP contribution in [0.1, 0.15) is 17.0 Å². The van der Waals surface area contributed by atoms with E-state index >= 15 is 0 Å². The van der Waals surface area contributed by atoms with Crippen molar-refractivity contribution in [2.45, 2.75) is 12.7 Å². The molecule has 2 N–H and O–H groups in total. The first-order chi connectivity index (χ1) is 14.8. The van der Waals surface area contributed by atoms with Crippen molar-refractivity contribution in [3.05, 3.63) is 63.5 Å². The van der Waals surface area contributed by atoms with Gasteiger partial charge in [0.1, 0.15) is 17.4 Å². The van der Waals surface area contributed by atoms with Gasteiger partial charge in [-0.05, 0) is 24.3 Å². The van der Waals surface area contributed by atoms with E-state index in [4.69, 9.17) is 28.9 Å².